The van der Waals surface area contributed by atoms with E-state index in [2.05, 4.69) is 98.9 Å². The molecular formula is C68H120NO8+. The van der Waals surface area contributed by atoms with Crippen LogP contribution < -0.4 is 0 Å². The highest BCUT2D eigenvalue weighted by molar-refractivity contribution is 5.71. The monoisotopic (exact) mass is 1080 g/mol. The highest BCUT2D eigenvalue weighted by Crippen LogP contribution is 2.17. The van der Waals surface area contributed by atoms with Crippen molar-refractivity contribution in [3.05, 3.63) is 85.1 Å². The number of carboxylic acid groups (broad SMARTS) is 1. The number of likely N-dealkylation sites (N-methyl/N-ethyl adjacent to an activating group) is 1. The van der Waals surface area contributed by atoms with Crippen molar-refractivity contribution in [2.24, 2.45) is 0 Å². The minimum absolute atomic E-state index is 0.182. The quantitative estimate of drug-likeness (QED) is 0.0211. The van der Waals surface area contributed by atoms with Gasteiger partial charge < -0.3 is 28.5 Å². The summed E-state index contributed by atoms with van der Waals surface area (Å²) in [6, 6.07) is 0. The molecule has 0 saturated heterocycles. The second-order valence-electron chi connectivity index (χ2n) is 22.3. The molecule has 2 atom stereocenters. The lowest BCUT2D eigenvalue weighted by Crippen LogP contribution is -2.40. The van der Waals surface area contributed by atoms with Crippen molar-refractivity contribution in [1.29, 1.82) is 0 Å². The highest BCUT2D eigenvalue weighted by atomic mass is 16.7. The summed E-state index contributed by atoms with van der Waals surface area (Å²) in [6.07, 6.45) is 75.3. The van der Waals surface area contributed by atoms with Gasteiger partial charge in [0.25, 0.3) is 6.29 Å². The smallest absolute Gasteiger partial charge is 0.361 e. The number of nitrogens with zero attached hydrogens (tertiary/aromatic N) is 1. The van der Waals surface area contributed by atoms with Gasteiger partial charge in [0.05, 0.1) is 34.4 Å². The van der Waals surface area contributed by atoms with Crippen LogP contribution >= 0.6 is 0 Å². The molecule has 77 heavy (non-hydrogen) atoms. The van der Waals surface area contributed by atoms with E-state index < -0.39 is 24.3 Å². The summed E-state index contributed by atoms with van der Waals surface area (Å²) >= 11 is 0. The van der Waals surface area contributed by atoms with Gasteiger partial charge in [0.2, 0.25) is 0 Å². The Morgan fingerprint density at radius 2 is 0.740 bits per heavy atom. The molecule has 0 aliphatic heterocycles. The maximum atomic E-state index is 12.9. The Bertz CT molecular complexity index is 1540. The standard InChI is InChI=1S/C68H119NO8/c1-6-8-10-12-14-16-18-20-22-24-26-28-30-31-32-33-34-35-37-38-40-42-44-46-48-50-52-54-56-58-65(70)75-62-64(63-76-68(67(72)73)74-61-60-69(3,4)5)77-66(71)59-57-55-53-51-49-47-45-43-41-39-36-29-27-25-23-21-19-17-15-13-11-9-7-2/h9,11,15,17-18,20-21,23-24,26-27,29,39,41,64,68H,6-8,10,12-14,16,19,22,25,28,30-38,40,42-63H2,1-5H3/p+1/b11-9-,17-15-,20-18-,23-21-,26-24-,29-27-,41-39-. The zero-order valence-corrected chi connectivity index (χ0v) is 50.6. The Labute approximate surface area is 474 Å². The van der Waals surface area contributed by atoms with Gasteiger partial charge in [-0.25, -0.2) is 4.79 Å². The normalized spacial score (nSPS) is 13.3. The van der Waals surface area contributed by atoms with Crippen molar-refractivity contribution in [3.63, 3.8) is 0 Å². The number of unbranched alkanes of at least 4 members (excludes halogenated alkanes) is 29. The number of rotatable bonds is 58. The summed E-state index contributed by atoms with van der Waals surface area (Å²) in [5, 5.41) is 9.72. The molecule has 0 bridgehead atoms. The number of carboxylic acids is 1. The molecule has 0 heterocycles. The Kier molecular flexibility index (Phi) is 55.9. The molecule has 1 N–H and O–H groups in total. The van der Waals surface area contributed by atoms with E-state index in [1.165, 1.54) is 154 Å². The summed E-state index contributed by atoms with van der Waals surface area (Å²) in [7, 11) is 5.97. The van der Waals surface area contributed by atoms with Crippen LogP contribution in [-0.2, 0) is 33.3 Å². The third-order valence-electron chi connectivity index (χ3n) is 13.6. The van der Waals surface area contributed by atoms with E-state index in [0.29, 0.717) is 23.9 Å². The Balaban J connectivity index is 4.18. The average molecular weight is 1080 g/mol. The fourth-order valence-electron chi connectivity index (χ4n) is 8.78. The van der Waals surface area contributed by atoms with Gasteiger partial charge in [-0.2, -0.15) is 0 Å². The third-order valence-corrected chi connectivity index (χ3v) is 13.6. The van der Waals surface area contributed by atoms with E-state index in [1.54, 1.807) is 0 Å². The van der Waals surface area contributed by atoms with Crippen molar-refractivity contribution >= 4 is 17.9 Å². The molecule has 0 aromatic heterocycles. The lowest BCUT2D eigenvalue weighted by atomic mass is 10.0. The summed E-state index contributed by atoms with van der Waals surface area (Å²) in [5.74, 6) is -2.02. The first-order valence-electron chi connectivity index (χ1n) is 31.8. The van der Waals surface area contributed by atoms with E-state index >= 15 is 0 Å². The Hall–Kier alpha value is -3.53. The fourth-order valence-corrected chi connectivity index (χ4v) is 8.78. The van der Waals surface area contributed by atoms with Crippen LogP contribution in [0.15, 0.2) is 85.1 Å². The molecule has 0 aliphatic rings. The van der Waals surface area contributed by atoms with Crippen LogP contribution in [0.25, 0.3) is 0 Å². The molecular weight excluding hydrogens is 959 g/mol. The molecule has 0 aromatic rings. The number of carbonyl (C=O) groups excluding carboxylic acids is 2. The SMILES string of the molecule is CC/C=C\C/C=C\C/C=C\C/C=C\C/C=C\CCCCCCCCCC(=O)OC(COC(=O)CCCCCCCCCCCCCCCCCCC/C=C\C/C=C\CCCCCCC)COC(OCC[N+](C)(C)C)C(=O)O. The van der Waals surface area contributed by atoms with Crippen LogP contribution in [0.3, 0.4) is 0 Å². The molecule has 0 aromatic carbocycles. The first-order valence-corrected chi connectivity index (χ1v) is 31.8. The van der Waals surface area contributed by atoms with Gasteiger partial charge in [-0.15, -0.1) is 0 Å². The van der Waals surface area contributed by atoms with Gasteiger partial charge in [-0.3, -0.25) is 9.59 Å². The lowest BCUT2D eigenvalue weighted by molar-refractivity contribution is -0.870. The summed E-state index contributed by atoms with van der Waals surface area (Å²) in [5.41, 5.74) is 0. The maximum absolute atomic E-state index is 12.9. The summed E-state index contributed by atoms with van der Waals surface area (Å²) in [4.78, 5) is 37.5. The minimum atomic E-state index is -1.52. The van der Waals surface area contributed by atoms with Gasteiger partial charge in [0.15, 0.2) is 6.10 Å². The number of aliphatic carboxylic acids is 1. The number of carbonyl (C=O) groups is 3. The molecule has 0 aliphatic carbocycles. The third kappa shape index (κ3) is 60.0. The molecule has 0 rings (SSSR count). The van der Waals surface area contributed by atoms with E-state index in [1.807, 2.05) is 21.1 Å². The van der Waals surface area contributed by atoms with E-state index in [-0.39, 0.29) is 32.2 Å². The second kappa shape index (κ2) is 58.6. The maximum Gasteiger partial charge on any atom is 0.361 e. The van der Waals surface area contributed by atoms with Gasteiger partial charge >= 0.3 is 17.9 Å². The van der Waals surface area contributed by atoms with Gasteiger partial charge in [0, 0.05) is 12.8 Å². The van der Waals surface area contributed by atoms with Crippen LogP contribution in [-0.4, -0.2) is 87.4 Å². The first-order chi connectivity index (χ1) is 37.6. The van der Waals surface area contributed by atoms with E-state index in [4.69, 9.17) is 18.9 Å². The number of quaternary nitrogens is 1. The second-order valence-corrected chi connectivity index (χ2v) is 22.3. The van der Waals surface area contributed by atoms with E-state index in [0.717, 1.165) is 83.5 Å². The number of allylic oxidation sites excluding steroid dienone is 14. The van der Waals surface area contributed by atoms with Gasteiger partial charge in [0.1, 0.15) is 13.2 Å². The predicted octanol–water partition coefficient (Wildman–Crippen LogP) is 19.1. The first kappa shape index (κ1) is 73.5. The molecule has 0 radical (unpaired) electrons. The molecule has 0 amide bonds. The van der Waals surface area contributed by atoms with Crippen molar-refractivity contribution in [1.82, 2.24) is 0 Å². The predicted molar refractivity (Wildman–Crippen MR) is 327 cm³/mol. The number of esters is 2. The fraction of sp³-hybridized carbons (Fsp3) is 0.750. The zero-order valence-electron chi connectivity index (χ0n) is 50.6. The number of ether oxygens (including phenoxy) is 4. The molecule has 0 spiro atoms. The molecule has 2 unspecified atom stereocenters. The van der Waals surface area contributed by atoms with Crippen molar-refractivity contribution in [2.45, 2.75) is 283 Å². The van der Waals surface area contributed by atoms with Crippen molar-refractivity contribution in [3.8, 4) is 0 Å². The largest absolute Gasteiger partial charge is 0.477 e. The molecule has 9 heteroatoms. The van der Waals surface area contributed by atoms with Crippen LogP contribution in [0, 0.1) is 0 Å². The van der Waals surface area contributed by atoms with Crippen molar-refractivity contribution in [2.75, 3.05) is 47.5 Å². The number of hydrogen-bond donors (Lipinski definition) is 1. The summed E-state index contributed by atoms with van der Waals surface area (Å²) in [6.45, 7) is 4.76. The molecule has 444 valence electrons. The molecule has 9 nitrogen and oxygen atoms in total. The average Bonchev–Trinajstić information content (AvgIpc) is 3.40. The summed E-state index contributed by atoms with van der Waals surface area (Å²) < 4.78 is 22.9. The Morgan fingerprint density at radius 3 is 1.10 bits per heavy atom. The van der Waals surface area contributed by atoms with Crippen molar-refractivity contribution < 1.29 is 42.9 Å². The molecule has 0 saturated carbocycles. The lowest BCUT2D eigenvalue weighted by Gasteiger charge is -2.25. The minimum Gasteiger partial charge on any atom is -0.477 e. The highest BCUT2D eigenvalue weighted by Gasteiger charge is 2.25. The zero-order chi connectivity index (χ0) is 56.2. The van der Waals surface area contributed by atoms with Gasteiger partial charge in [-0.1, -0.05) is 253 Å². The van der Waals surface area contributed by atoms with Crippen LogP contribution in [0.5, 0.6) is 0 Å². The van der Waals surface area contributed by atoms with Gasteiger partial charge in [-0.05, 0) is 89.9 Å². The Morgan fingerprint density at radius 1 is 0.403 bits per heavy atom. The molecule has 0 fully saturated rings. The van der Waals surface area contributed by atoms with Crippen LogP contribution in [0.2, 0.25) is 0 Å². The van der Waals surface area contributed by atoms with Crippen LogP contribution in [0.4, 0.5) is 0 Å². The number of hydrogen-bond acceptors (Lipinski definition) is 7. The van der Waals surface area contributed by atoms with E-state index in [9.17, 15) is 19.5 Å². The topological polar surface area (TPSA) is 108 Å². The van der Waals surface area contributed by atoms with Crippen LogP contribution in [0.1, 0.15) is 271 Å².